The molecule has 2 N–H and O–H groups in total. The van der Waals surface area contributed by atoms with E-state index in [1.54, 1.807) is 37.6 Å². The van der Waals surface area contributed by atoms with Crippen LogP contribution >= 0.6 is 0 Å². The van der Waals surface area contributed by atoms with E-state index in [0.717, 1.165) is 11.3 Å². The van der Waals surface area contributed by atoms with E-state index in [2.05, 4.69) is 20.5 Å². The minimum atomic E-state index is -0.304. The van der Waals surface area contributed by atoms with E-state index in [9.17, 15) is 4.79 Å². The first-order chi connectivity index (χ1) is 14.6. The summed E-state index contributed by atoms with van der Waals surface area (Å²) in [5.41, 5.74) is 4.41. The summed E-state index contributed by atoms with van der Waals surface area (Å²) < 4.78 is 21.1. The molecule has 2 aromatic carbocycles. The molecule has 0 bridgehead atoms. The number of ether oxygens (including phenoxy) is 4. The van der Waals surface area contributed by atoms with E-state index in [1.165, 1.54) is 27.4 Å². The maximum absolute atomic E-state index is 12.0. The predicted molar refractivity (Wildman–Crippen MR) is 114 cm³/mol. The van der Waals surface area contributed by atoms with Crippen molar-refractivity contribution in [2.45, 2.75) is 0 Å². The van der Waals surface area contributed by atoms with Crippen molar-refractivity contribution in [2.24, 2.45) is 5.10 Å². The number of nitrogens with one attached hydrogen (secondary N) is 2. The molecule has 0 aliphatic carbocycles. The molecule has 0 radical (unpaired) electrons. The van der Waals surface area contributed by atoms with Gasteiger partial charge in [-0.3, -0.25) is 9.78 Å². The summed E-state index contributed by atoms with van der Waals surface area (Å²) >= 11 is 0. The summed E-state index contributed by atoms with van der Waals surface area (Å²) in [5, 5.41) is 4.14. The molecule has 0 aliphatic rings. The number of aromatic nitrogens is 2. The number of rotatable bonds is 8. The Balaban J connectivity index is 1.82. The van der Waals surface area contributed by atoms with Crippen LogP contribution in [0.3, 0.4) is 0 Å². The molecule has 9 nitrogen and oxygen atoms in total. The third kappa shape index (κ3) is 4.69. The van der Waals surface area contributed by atoms with Crippen LogP contribution in [0.5, 0.6) is 23.0 Å². The minimum Gasteiger partial charge on any atom is -0.497 e. The lowest BCUT2D eigenvalue weighted by atomic mass is 10.1. The van der Waals surface area contributed by atoms with Crippen molar-refractivity contribution in [3.05, 3.63) is 58.4 Å². The fourth-order valence-corrected chi connectivity index (χ4v) is 2.76. The Bertz CT molecular complexity index is 1070. The zero-order valence-corrected chi connectivity index (χ0v) is 17.1. The Hall–Kier alpha value is -4.01. The van der Waals surface area contributed by atoms with Crippen molar-refractivity contribution in [1.29, 1.82) is 0 Å². The number of nitrogens with zero attached hydrogens (tertiary/aromatic N) is 2. The second kappa shape index (κ2) is 9.46. The smallest absolute Gasteiger partial charge is 0.252 e. The summed E-state index contributed by atoms with van der Waals surface area (Å²) in [7, 11) is 6.20. The maximum Gasteiger partial charge on any atom is 0.252 e. The van der Waals surface area contributed by atoms with Crippen LogP contribution in [0.1, 0.15) is 5.56 Å². The van der Waals surface area contributed by atoms with Crippen LogP contribution in [0.15, 0.2) is 52.4 Å². The number of hydrogen-bond donors (Lipinski definition) is 2. The lowest BCUT2D eigenvalue weighted by molar-refractivity contribution is 0.324. The Morgan fingerprint density at radius 2 is 1.60 bits per heavy atom. The third-order valence-electron chi connectivity index (χ3n) is 4.20. The van der Waals surface area contributed by atoms with Gasteiger partial charge in [-0.2, -0.15) is 5.10 Å². The molecule has 0 aliphatic heterocycles. The average molecular weight is 410 g/mol. The van der Waals surface area contributed by atoms with Crippen LogP contribution in [0.4, 0.5) is 5.95 Å². The number of H-pyrrole nitrogens is 1. The molecular formula is C21H22N4O5. The van der Waals surface area contributed by atoms with E-state index < -0.39 is 0 Å². The van der Waals surface area contributed by atoms with Gasteiger partial charge in [-0.25, -0.2) is 10.4 Å². The number of anilines is 1. The van der Waals surface area contributed by atoms with Crippen LogP contribution in [0.25, 0.3) is 11.3 Å². The molecule has 0 atom stereocenters. The van der Waals surface area contributed by atoms with Gasteiger partial charge in [0.15, 0.2) is 11.5 Å². The summed E-state index contributed by atoms with van der Waals surface area (Å²) in [6.07, 6.45) is 1.55. The monoisotopic (exact) mass is 410 g/mol. The highest BCUT2D eigenvalue weighted by atomic mass is 16.5. The molecule has 9 heteroatoms. The molecule has 3 rings (SSSR count). The molecule has 0 saturated carbocycles. The molecule has 0 saturated heterocycles. The standard InChI is InChI=1S/C21H22N4O5/c1-27-15-7-5-14(6-8-15)16-11-19(26)24-21(23-16)25-22-12-13-9-17(28-2)20(30-4)18(10-13)29-3/h5-12H,1-4H3,(H2,23,24,25,26)/b22-12-. The van der Waals surface area contributed by atoms with Gasteiger partial charge in [0.25, 0.3) is 5.56 Å². The van der Waals surface area contributed by atoms with Crippen LogP contribution in [0, 0.1) is 0 Å². The largest absolute Gasteiger partial charge is 0.497 e. The predicted octanol–water partition coefficient (Wildman–Crippen LogP) is 2.92. The number of hydrogen-bond acceptors (Lipinski definition) is 8. The Morgan fingerprint density at radius 1 is 0.933 bits per heavy atom. The van der Waals surface area contributed by atoms with E-state index in [0.29, 0.717) is 28.5 Å². The fraction of sp³-hybridized carbons (Fsp3) is 0.190. The molecule has 0 unspecified atom stereocenters. The highest BCUT2D eigenvalue weighted by Gasteiger charge is 2.12. The van der Waals surface area contributed by atoms with Gasteiger partial charge in [0.05, 0.1) is 40.3 Å². The molecule has 1 heterocycles. The Labute approximate surface area is 173 Å². The van der Waals surface area contributed by atoms with Crippen LogP contribution in [-0.2, 0) is 0 Å². The fourth-order valence-electron chi connectivity index (χ4n) is 2.76. The second-order valence-corrected chi connectivity index (χ2v) is 6.04. The zero-order valence-electron chi connectivity index (χ0n) is 17.1. The molecule has 30 heavy (non-hydrogen) atoms. The maximum atomic E-state index is 12.0. The van der Waals surface area contributed by atoms with Gasteiger partial charge >= 0.3 is 0 Å². The van der Waals surface area contributed by atoms with Crippen molar-refractivity contribution in [3.63, 3.8) is 0 Å². The Kier molecular flexibility index (Phi) is 6.53. The zero-order chi connectivity index (χ0) is 21.5. The summed E-state index contributed by atoms with van der Waals surface area (Å²) in [6.45, 7) is 0. The van der Waals surface area contributed by atoms with Crippen LogP contribution in [-0.4, -0.2) is 44.6 Å². The van der Waals surface area contributed by atoms with Crippen molar-refractivity contribution < 1.29 is 18.9 Å². The molecule has 156 valence electrons. The number of hydrazone groups is 1. The van der Waals surface area contributed by atoms with Gasteiger partial charge in [0.2, 0.25) is 11.7 Å². The highest BCUT2D eigenvalue weighted by molar-refractivity contribution is 5.83. The second-order valence-electron chi connectivity index (χ2n) is 6.04. The van der Waals surface area contributed by atoms with Crippen molar-refractivity contribution in [2.75, 3.05) is 33.9 Å². The van der Waals surface area contributed by atoms with Gasteiger partial charge in [0, 0.05) is 17.2 Å². The van der Waals surface area contributed by atoms with Gasteiger partial charge in [0.1, 0.15) is 5.75 Å². The van der Waals surface area contributed by atoms with Crippen LogP contribution in [0.2, 0.25) is 0 Å². The van der Waals surface area contributed by atoms with E-state index in [4.69, 9.17) is 18.9 Å². The lowest BCUT2D eigenvalue weighted by Crippen LogP contribution is -2.10. The normalized spacial score (nSPS) is 10.7. The highest BCUT2D eigenvalue weighted by Crippen LogP contribution is 2.37. The van der Waals surface area contributed by atoms with Gasteiger partial charge < -0.3 is 18.9 Å². The van der Waals surface area contributed by atoms with Gasteiger partial charge in [-0.05, 0) is 36.4 Å². The van der Waals surface area contributed by atoms with E-state index in [1.807, 2.05) is 12.1 Å². The van der Waals surface area contributed by atoms with Crippen molar-refractivity contribution >= 4 is 12.2 Å². The summed E-state index contributed by atoms with van der Waals surface area (Å²) in [6, 6.07) is 12.2. The SMILES string of the molecule is COc1ccc(-c2cc(=O)[nH]c(N/N=C\c3cc(OC)c(OC)c(OC)c3)n2)cc1. The first-order valence-electron chi connectivity index (χ1n) is 8.92. The van der Waals surface area contributed by atoms with Gasteiger partial charge in [-0.15, -0.1) is 0 Å². The molecular weight excluding hydrogens is 388 g/mol. The summed E-state index contributed by atoms with van der Waals surface area (Å²) in [5.74, 6) is 2.43. The molecule has 3 aromatic rings. The van der Waals surface area contributed by atoms with E-state index >= 15 is 0 Å². The first kappa shape index (κ1) is 20.7. The molecule has 0 amide bonds. The minimum absolute atomic E-state index is 0.206. The number of methoxy groups -OCH3 is 4. The average Bonchev–Trinajstić information content (AvgIpc) is 2.78. The molecule has 0 spiro atoms. The lowest BCUT2D eigenvalue weighted by Gasteiger charge is -2.12. The Morgan fingerprint density at radius 3 is 2.17 bits per heavy atom. The summed E-state index contributed by atoms with van der Waals surface area (Å²) in [4.78, 5) is 19.0. The van der Waals surface area contributed by atoms with Crippen LogP contribution < -0.4 is 29.9 Å². The molecule has 0 fully saturated rings. The molecule has 1 aromatic heterocycles. The van der Waals surface area contributed by atoms with E-state index in [-0.39, 0.29) is 11.5 Å². The first-order valence-corrected chi connectivity index (χ1v) is 8.92. The third-order valence-corrected chi connectivity index (χ3v) is 4.20. The van der Waals surface area contributed by atoms with Gasteiger partial charge in [-0.1, -0.05) is 0 Å². The topological polar surface area (TPSA) is 107 Å². The van der Waals surface area contributed by atoms with Crippen molar-refractivity contribution in [3.8, 4) is 34.3 Å². The van der Waals surface area contributed by atoms with Crippen molar-refractivity contribution in [1.82, 2.24) is 9.97 Å². The quantitative estimate of drug-likeness (QED) is 0.434. The number of benzene rings is 2. The number of aromatic amines is 1.